The Morgan fingerprint density at radius 1 is 0.946 bits per heavy atom. The predicted molar refractivity (Wildman–Crippen MR) is 144 cm³/mol. The van der Waals surface area contributed by atoms with Gasteiger partial charge < -0.3 is 25.6 Å². The molecule has 0 aliphatic carbocycles. The highest BCUT2D eigenvalue weighted by Crippen LogP contribution is 2.38. The van der Waals surface area contributed by atoms with Crippen LogP contribution in [0.1, 0.15) is 34.0 Å². The third-order valence-electron chi connectivity index (χ3n) is 6.05. The van der Waals surface area contributed by atoms with Crippen LogP contribution in [0.25, 0.3) is 11.3 Å². The number of fused-ring (bicyclic) bond motifs is 1. The molecule has 8 nitrogen and oxygen atoms in total. The van der Waals surface area contributed by atoms with Crippen LogP contribution < -0.4 is 10.6 Å². The third-order valence-corrected chi connectivity index (χ3v) is 6.05. The van der Waals surface area contributed by atoms with Crippen molar-refractivity contribution < 1.29 is 24.5 Å². The van der Waals surface area contributed by atoms with Gasteiger partial charge in [0.15, 0.2) is 0 Å². The molecule has 8 heteroatoms. The normalized spacial score (nSPS) is 13.8. The molecule has 0 saturated heterocycles. The van der Waals surface area contributed by atoms with E-state index in [2.05, 4.69) is 10.6 Å². The molecule has 1 heterocycles. The fourth-order valence-corrected chi connectivity index (χ4v) is 4.30. The lowest BCUT2D eigenvalue weighted by molar-refractivity contribution is -0.110. The van der Waals surface area contributed by atoms with Crippen LogP contribution in [0.3, 0.4) is 0 Å². The van der Waals surface area contributed by atoms with E-state index in [1.54, 1.807) is 25.1 Å². The van der Waals surface area contributed by atoms with Crippen molar-refractivity contribution in [3.63, 3.8) is 0 Å². The van der Waals surface area contributed by atoms with Gasteiger partial charge in [-0.3, -0.25) is 9.69 Å². The van der Waals surface area contributed by atoms with E-state index in [1.807, 2.05) is 59.5 Å². The number of esters is 1. The molecule has 0 saturated carbocycles. The quantitative estimate of drug-likeness (QED) is 0.235. The van der Waals surface area contributed by atoms with E-state index in [-0.39, 0.29) is 25.7 Å². The number of rotatable bonds is 11. The molecule has 3 aromatic carbocycles. The summed E-state index contributed by atoms with van der Waals surface area (Å²) in [5.74, 6) is -0.697. The molecular weight excluding hydrogens is 470 g/mol. The lowest BCUT2D eigenvalue weighted by atomic mass is 9.99. The SMILES string of the molecule is CCOC(=O)c1ccc2c(c1)NC(=O)/C2=C(\Nc1ccc(CN(CCO)CCO)cc1)c1ccccc1. The van der Waals surface area contributed by atoms with Crippen LogP contribution in [0.5, 0.6) is 0 Å². The van der Waals surface area contributed by atoms with Crippen LogP contribution in [0.15, 0.2) is 72.8 Å². The van der Waals surface area contributed by atoms with Crippen LogP contribution in [-0.4, -0.2) is 59.9 Å². The highest BCUT2D eigenvalue weighted by molar-refractivity contribution is 6.37. The molecule has 0 atom stereocenters. The first-order chi connectivity index (χ1) is 18.0. The van der Waals surface area contributed by atoms with E-state index in [4.69, 9.17) is 4.74 Å². The molecular formula is C29H31N3O5. The Kier molecular flexibility index (Phi) is 8.68. The Hall–Kier alpha value is -3.98. The Bertz CT molecular complexity index is 1270. The first-order valence-corrected chi connectivity index (χ1v) is 12.3. The maximum absolute atomic E-state index is 13.2. The summed E-state index contributed by atoms with van der Waals surface area (Å²) < 4.78 is 5.09. The fraction of sp³-hybridized carbons (Fsp3) is 0.241. The molecule has 0 bridgehead atoms. The van der Waals surface area contributed by atoms with E-state index < -0.39 is 5.97 Å². The number of hydrogen-bond acceptors (Lipinski definition) is 7. The van der Waals surface area contributed by atoms with Crippen molar-refractivity contribution in [2.45, 2.75) is 13.5 Å². The summed E-state index contributed by atoms with van der Waals surface area (Å²) in [4.78, 5) is 27.3. The van der Waals surface area contributed by atoms with Crippen LogP contribution >= 0.6 is 0 Å². The van der Waals surface area contributed by atoms with E-state index in [1.165, 1.54) is 0 Å². The number of ether oxygens (including phenoxy) is 1. The van der Waals surface area contributed by atoms with E-state index in [9.17, 15) is 19.8 Å². The summed E-state index contributed by atoms with van der Waals surface area (Å²) in [5, 5.41) is 24.8. The number of amides is 1. The van der Waals surface area contributed by atoms with Crippen molar-refractivity contribution in [3.05, 3.63) is 95.1 Å². The zero-order valence-electron chi connectivity index (χ0n) is 20.7. The van der Waals surface area contributed by atoms with Gasteiger partial charge in [-0.25, -0.2) is 4.79 Å². The Morgan fingerprint density at radius 2 is 1.65 bits per heavy atom. The number of carbonyl (C=O) groups is 2. The number of anilines is 2. The zero-order chi connectivity index (χ0) is 26.2. The summed E-state index contributed by atoms with van der Waals surface area (Å²) in [6.45, 7) is 3.64. The summed E-state index contributed by atoms with van der Waals surface area (Å²) in [6, 6.07) is 22.5. The minimum absolute atomic E-state index is 0.0263. The monoisotopic (exact) mass is 501 g/mol. The van der Waals surface area contributed by atoms with Crippen molar-refractivity contribution in [2.75, 3.05) is 43.5 Å². The van der Waals surface area contributed by atoms with Gasteiger partial charge in [0.25, 0.3) is 5.91 Å². The number of nitrogens with one attached hydrogen (secondary N) is 2. The molecule has 1 amide bonds. The number of aliphatic hydroxyl groups excluding tert-OH is 2. The van der Waals surface area contributed by atoms with Gasteiger partial charge >= 0.3 is 5.97 Å². The van der Waals surface area contributed by atoms with Gasteiger partial charge in [0.2, 0.25) is 0 Å². The topological polar surface area (TPSA) is 111 Å². The van der Waals surface area contributed by atoms with Gasteiger partial charge in [0, 0.05) is 30.9 Å². The van der Waals surface area contributed by atoms with Crippen molar-refractivity contribution in [3.8, 4) is 0 Å². The molecule has 0 aromatic heterocycles. The van der Waals surface area contributed by atoms with Crippen LogP contribution in [0, 0.1) is 0 Å². The number of nitrogens with zero attached hydrogens (tertiary/aromatic N) is 1. The second-order valence-corrected chi connectivity index (χ2v) is 8.60. The van der Waals surface area contributed by atoms with Gasteiger partial charge in [-0.1, -0.05) is 48.5 Å². The highest BCUT2D eigenvalue weighted by atomic mass is 16.5. The average Bonchev–Trinajstić information content (AvgIpc) is 3.24. The molecule has 0 fully saturated rings. The van der Waals surface area contributed by atoms with Crippen molar-refractivity contribution in [1.29, 1.82) is 0 Å². The van der Waals surface area contributed by atoms with Gasteiger partial charge in [-0.05, 0) is 42.3 Å². The van der Waals surface area contributed by atoms with E-state index in [0.29, 0.717) is 47.7 Å². The van der Waals surface area contributed by atoms with Gasteiger partial charge in [-0.15, -0.1) is 0 Å². The molecule has 0 spiro atoms. The molecule has 1 aliphatic heterocycles. The van der Waals surface area contributed by atoms with Gasteiger partial charge in [-0.2, -0.15) is 0 Å². The smallest absolute Gasteiger partial charge is 0.338 e. The second kappa shape index (κ2) is 12.3. The predicted octanol–water partition coefficient (Wildman–Crippen LogP) is 3.58. The van der Waals surface area contributed by atoms with Crippen molar-refractivity contribution in [1.82, 2.24) is 4.90 Å². The van der Waals surface area contributed by atoms with Crippen LogP contribution in [0.4, 0.5) is 11.4 Å². The standard InChI is InChI=1S/C29H31N3O5/c1-2-37-29(36)22-10-13-24-25(18-22)31-28(35)26(24)27(21-6-4-3-5-7-21)30-23-11-8-20(9-12-23)19-32(14-16-33)15-17-34/h3-13,18,30,33-34H,2,14-17,19H2,1H3,(H,31,35)/b27-26-. The van der Waals surface area contributed by atoms with E-state index >= 15 is 0 Å². The van der Waals surface area contributed by atoms with Gasteiger partial charge in [0.1, 0.15) is 0 Å². The molecule has 0 unspecified atom stereocenters. The first-order valence-electron chi connectivity index (χ1n) is 12.3. The summed E-state index contributed by atoms with van der Waals surface area (Å²) in [6.07, 6.45) is 0. The minimum Gasteiger partial charge on any atom is -0.462 e. The average molecular weight is 502 g/mol. The summed E-state index contributed by atoms with van der Waals surface area (Å²) in [5.41, 5.74) is 5.45. The zero-order valence-corrected chi connectivity index (χ0v) is 20.7. The van der Waals surface area contributed by atoms with Crippen molar-refractivity contribution >= 4 is 34.5 Å². The highest BCUT2D eigenvalue weighted by Gasteiger charge is 2.29. The Balaban J connectivity index is 1.67. The van der Waals surface area contributed by atoms with Gasteiger partial charge in [0.05, 0.1) is 42.3 Å². The molecule has 4 N–H and O–H groups in total. The van der Waals surface area contributed by atoms with E-state index in [0.717, 1.165) is 16.8 Å². The summed E-state index contributed by atoms with van der Waals surface area (Å²) in [7, 11) is 0. The first kappa shape index (κ1) is 26.1. The van der Waals surface area contributed by atoms with Crippen molar-refractivity contribution in [2.24, 2.45) is 0 Å². The lowest BCUT2D eigenvalue weighted by Gasteiger charge is -2.20. The molecule has 4 rings (SSSR count). The maximum Gasteiger partial charge on any atom is 0.338 e. The minimum atomic E-state index is -0.435. The number of benzene rings is 3. The fourth-order valence-electron chi connectivity index (χ4n) is 4.30. The molecule has 37 heavy (non-hydrogen) atoms. The van der Waals surface area contributed by atoms with Crippen LogP contribution in [0.2, 0.25) is 0 Å². The lowest BCUT2D eigenvalue weighted by Crippen LogP contribution is -2.29. The second-order valence-electron chi connectivity index (χ2n) is 8.60. The number of aliphatic hydroxyl groups is 2. The third kappa shape index (κ3) is 6.24. The number of hydrogen-bond donors (Lipinski definition) is 4. The number of carbonyl (C=O) groups excluding carboxylic acids is 2. The molecule has 0 radical (unpaired) electrons. The summed E-state index contributed by atoms with van der Waals surface area (Å²) >= 11 is 0. The molecule has 1 aliphatic rings. The largest absolute Gasteiger partial charge is 0.462 e. The molecule has 3 aromatic rings. The Labute approximate surface area is 216 Å². The molecule has 192 valence electrons. The van der Waals surface area contributed by atoms with Crippen LogP contribution in [-0.2, 0) is 16.1 Å². The Morgan fingerprint density at radius 3 is 2.30 bits per heavy atom. The maximum atomic E-state index is 13.2.